The number of rotatable bonds is 9. The average molecular weight is 445 g/mol. The van der Waals surface area contributed by atoms with Gasteiger partial charge in [0, 0.05) is 23.9 Å². The molecular formula is C19H25ClN2O4S2. The van der Waals surface area contributed by atoms with Crippen molar-refractivity contribution >= 4 is 31.5 Å². The third-order valence-electron chi connectivity index (χ3n) is 4.53. The van der Waals surface area contributed by atoms with Gasteiger partial charge in [-0.25, -0.2) is 21.6 Å². The number of hydrogen-bond acceptors (Lipinski definition) is 5. The molecule has 0 aromatic heterocycles. The molecule has 6 nitrogen and oxygen atoms in total. The molecule has 0 radical (unpaired) electrons. The third-order valence-corrected chi connectivity index (χ3v) is 7.40. The number of nitrogens with one attached hydrogen (secondary N) is 1. The van der Waals surface area contributed by atoms with Crippen LogP contribution in [0.3, 0.4) is 0 Å². The number of halogens is 1. The number of sulfonamides is 1. The van der Waals surface area contributed by atoms with Gasteiger partial charge in [-0.2, -0.15) is 0 Å². The molecular weight excluding hydrogens is 420 g/mol. The van der Waals surface area contributed by atoms with Crippen molar-refractivity contribution < 1.29 is 16.8 Å². The van der Waals surface area contributed by atoms with Crippen molar-refractivity contribution in [3.05, 3.63) is 59.1 Å². The molecule has 1 N–H and O–H groups in total. The first-order chi connectivity index (χ1) is 13.1. The zero-order valence-corrected chi connectivity index (χ0v) is 18.5. The Morgan fingerprint density at radius 1 is 0.964 bits per heavy atom. The molecule has 0 fully saturated rings. The van der Waals surface area contributed by atoms with Crippen molar-refractivity contribution in [2.45, 2.75) is 29.7 Å². The number of nitrogens with zero attached hydrogens (tertiary/aromatic N) is 1. The summed E-state index contributed by atoms with van der Waals surface area (Å²) in [6, 6.07) is 12.4. The maximum Gasteiger partial charge on any atom is 0.240 e. The van der Waals surface area contributed by atoms with Crippen molar-refractivity contribution in [1.29, 1.82) is 0 Å². The molecule has 0 spiro atoms. The Morgan fingerprint density at radius 3 is 2.14 bits per heavy atom. The van der Waals surface area contributed by atoms with E-state index in [4.69, 9.17) is 11.6 Å². The Labute approximate surface area is 172 Å². The van der Waals surface area contributed by atoms with Crippen molar-refractivity contribution in [2.24, 2.45) is 0 Å². The molecule has 2 aromatic carbocycles. The monoisotopic (exact) mass is 444 g/mol. The van der Waals surface area contributed by atoms with Gasteiger partial charge in [0.15, 0.2) is 9.84 Å². The van der Waals surface area contributed by atoms with Crippen LogP contribution >= 0.6 is 11.6 Å². The highest BCUT2D eigenvalue weighted by Crippen LogP contribution is 2.27. The lowest BCUT2D eigenvalue weighted by atomic mass is 10.1. The molecule has 0 saturated carbocycles. The topological polar surface area (TPSA) is 83.6 Å². The van der Waals surface area contributed by atoms with Crippen molar-refractivity contribution in [3.8, 4) is 0 Å². The van der Waals surface area contributed by atoms with Crippen LogP contribution in [0.2, 0.25) is 5.02 Å². The van der Waals surface area contributed by atoms with E-state index in [1.54, 1.807) is 6.07 Å². The standard InChI is InChI=1S/C19H25ClN2O4S2/c1-4-22(5-2)19(17-11-6-7-12-18(17)20)14-21-28(25,26)16-10-8-9-15(13-16)27(3,23)24/h6-13,19,21H,4-5,14H2,1-3H3. The van der Waals surface area contributed by atoms with Crippen LogP contribution < -0.4 is 4.72 Å². The summed E-state index contributed by atoms with van der Waals surface area (Å²) in [7, 11) is -7.40. The second kappa shape index (κ2) is 9.37. The van der Waals surface area contributed by atoms with Crippen LogP contribution in [0.1, 0.15) is 25.5 Å². The van der Waals surface area contributed by atoms with Gasteiger partial charge in [-0.1, -0.05) is 49.7 Å². The predicted octanol–water partition coefficient (Wildman–Crippen LogP) is 3.10. The molecule has 0 aliphatic heterocycles. The summed E-state index contributed by atoms with van der Waals surface area (Å²) < 4.78 is 51.6. The van der Waals surface area contributed by atoms with Crippen molar-refractivity contribution in [3.63, 3.8) is 0 Å². The van der Waals surface area contributed by atoms with E-state index in [2.05, 4.69) is 9.62 Å². The van der Waals surface area contributed by atoms with Gasteiger partial charge in [0.25, 0.3) is 0 Å². The first-order valence-electron chi connectivity index (χ1n) is 8.88. The number of hydrogen-bond donors (Lipinski definition) is 1. The van der Waals surface area contributed by atoms with Gasteiger partial charge in [-0.3, -0.25) is 4.90 Å². The largest absolute Gasteiger partial charge is 0.296 e. The SMILES string of the molecule is CCN(CC)C(CNS(=O)(=O)c1cccc(S(C)(=O)=O)c1)c1ccccc1Cl. The quantitative estimate of drug-likeness (QED) is 0.642. The van der Waals surface area contributed by atoms with Crippen LogP contribution in [-0.2, 0) is 19.9 Å². The molecule has 154 valence electrons. The molecule has 0 aliphatic rings. The van der Waals surface area contributed by atoms with Crippen LogP contribution in [0, 0.1) is 0 Å². The molecule has 28 heavy (non-hydrogen) atoms. The van der Waals surface area contributed by atoms with Gasteiger partial charge in [-0.15, -0.1) is 0 Å². The summed E-state index contributed by atoms with van der Waals surface area (Å²) in [5.74, 6) is 0. The minimum atomic E-state index is -3.89. The molecule has 0 bridgehead atoms. The lowest BCUT2D eigenvalue weighted by Crippen LogP contribution is -2.38. The lowest BCUT2D eigenvalue weighted by molar-refractivity contribution is 0.220. The molecule has 2 rings (SSSR count). The summed E-state index contributed by atoms with van der Waals surface area (Å²) in [5.41, 5.74) is 0.834. The highest BCUT2D eigenvalue weighted by atomic mass is 35.5. The highest BCUT2D eigenvalue weighted by molar-refractivity contribution is 7.91. The summed E-state index contributed by atoms with van der Waals surface area (Å²) in [6.07, 6.45) is 1.04. The Kier molecular flexibility index (Phi) is 7.64. The Bertz CT molecular complexity index is 1020. The predicted molar refractivity (Wildman–Crippen MR) is 112 cm³/mol. The van der Waals surface area contributed by atoms with E-state index < -0.39 is 19.9 Å². The van der Waals surface area contributed by atoms with Crippen LogP contribution in [0.15, 0.2) is 58.3 Å². The minimum Gasteiger partial charge on any atom is -0.296 e. The normalized spacial score (nSPS) is 13.6. The Balaban J connectivity index is 2.33. The molecule has 2 aromatic rings. The fraction of sp³-hybridized carbons (Fsp3) is 0.368. The van der Waals surface area contributed by atoms with Crippen molar-refractivity contribution in [1.82, 2.24) is 9.62 Å². The second-order valence-electron chi connectivity index (χ2n) is 6.36. The second-order valence-corrected chi connectivity index (χ2v) is 10.5. The molecule has 1 unspecified atom stereocenters. The van der Waals surface area contributed by atoms with Crippen molar-refractivity contribution in [2.75, 3.05) is 25.9 Å². The highest BCUT2D eigenvalue weighted by Gasteiger charge is 2.24. The van der Waals surface area contributed by atoms with E-state index in [1.165, 1.54) is 24.3 Å². The number of sulfone groups is 1. The lowest BCUT2D eigenvalue weighted by Gasteiger charge is -2.30. The molecule has 0 aliphatic carbocycles. The van der Waals surface area contributed by atoms with E-state index in [0.29, 0.717) is 5.02 Å². The zero-order chi connectivity index (χ0) is 20.9. The third kappa shape index (κ3) is 5.55. The molecule has 0 saturated heterocycles. The Morgan fingerprint density at radius 2 is 1.57 bits per heavy atom. The Hall–Kier alpha value is -1.45. The van der Waals surface area contributed by atoms with Gasteiger partial charge in [0.05, 0.1) is 9.79 Å². The number of benzene rings is 2. The molecule has 9 heteroatoms. The summed E-state index contributed by atoms with van der Waals surface area (Å²) in [4.78, 5) is 1.98. The summed E-state index contributed by atoms with van der Waals surface area (Å²) >= 11 is 6.34. The van der Waals surface area contributed by atoms with Gasteiger partial charge < -0.3 is 0 Å². The molecule has 0 heterocycles. The first kappa shape index (κ1) is 22.8. The van der Waals surface area contributed by atoms with Gasteiger partial charge in [-0.05, 0) is 42.9 Å². The van der Waals surface area contributed by atoms with Crippen LogP contribution in [0.4, 0.5) is 0 Å². The van der Waals surface area contributed by atoms with Crippen LogP contribution in [0.5, 0.6) is 0 Å². The smallest absolute Gasteiger partial charge is 0.240 e. The maximum absolute atomic E-state index is 12.8. The number of likely N-dealkylation sites (N-methyl/N-ethyl adjacent to an activating group) is 1. The van der Waals surface area contributed by atoms with E-state index in [1.807, 2.05) is 32.0 Å². The minimum absolute atomic E-state index is 0.0400. The molecule has 0 amide bonds. The molecule has 1 atom stereocenters. The summed E-state index contributed by atoms with van der Waals surface area (Å²) in [6.45, 7) is 5.54. The average Bonchev–Trinajstić information content (AvgIpc) is 2.65. The van der Waals surface area contributed by atoms with E-state index in [-0.39, 0.29) is 22.4 Å². The summed E-state index contributed by atoms with van der Waals surface area (Å²) in [5, 5.41) is 0.567. The first-order valence-corrected chi connectivity index (χ1v) is 12.6. The zero-order valence-electron chi connectivity index (χ0n) is 16.1. The van der Waals surface area contributed by atoms with E-state index in [9.17, 15) is 16.8 Å². The maximum atomic E-state index is 12.8. The van der Waals surface area contributed by atoms with Crippen LogP contribution in [-0.4, -0.2) is 47.6 Å². The van der Waals surface area contributed by atoms with E-state index in [0.717, 1.165) is 24.9 Å². The fourth-order valence-corrected chi connectivity index (χ4v) is 5.08. The van der Waals surface area contributed by atoms with Gasteiger partial charge in [0.2, 0.25) is 10.0 Å². The fourth-order valence-electron chi connectivity index (χ4n) is 2.99. The van der Waals surface area contributed by atoms with Crippen LogP contribution in [0.25, 0.3) is 0 Å². The van der Waals surface area contributed by atoms with E-state index >= 15 is 0 Å². The van der Waals surface area contributed by atoms with Gasteiger partial charge in [0.1, 0.15) is 0 Å². The van der Waals surface area contributed by atoms with Gasteiger partial charge >= 0.3 is 0 Å².